The van der Waals surface area contributed by atoms with Crippen LogP contribution in [0.15, 0.2) is 140 Å². The van der Waals surface area contributed by atoms with E-state index >= 15 is 0 Å². The maximum Gasteiger partial charge on any atom is 0.157 e. The minimum Gasteiger partial charge on any atom is -0.292 e. The van der Waals surface area contributed by atoms with Crippen LogP contribution in [0.4, 0.5) is 0 Å². The summed E-state index contributed by atoms with van der Waals surface area (Å²) in [5.74, 6) is 0.839. The van der Waals surface area contributed by atoms with Crippen LogP contribution in [-0.2, 0) is 0 Å². The van der Waals surface area contributed by atoms with Crippen LogP contribution in [0.3, 0.4) is 0 Å². The lowest BCUT2D eigenvalue weighted by Crippen LogP contribution is -1.99. The Balaban J connectivity index is 1.29. The molecule has 0 saturated heterocycles. The van der Waals surface area contributed by atoms with E-state index in [1.807, 2.05) is 6.20 Å². The quantitative estimate of drug-likeness (QED) is 0.197. The van der Waals surface area contributed by atoms with Crippen LogP contribution in [0.1, 0.15) is 0 Å². The normalized spacial score (nSPS) is 12.3. The van der Waals surface area contributed by atoms with Crippen molar-refractivity contribution in [2.45, 2.75) is 0 Å². The van der Waals surface area contributed by atoms with Gasteiger partial charge in [-0.15, -0.1) is 11.3 Å². The van der Waals surface area contributed by atoms with E-state index in [2.05, 4.69) is 138 Å². The maximum absolute atomic E-state index is 5.35. The van der Waals surface area contributed by atoms with Gasteiger partial charge in [0.25, 0.3) is 0 Å². The van der Waals surface area contributed by atoms with Crippen LogP contribution >= 0.6 is 11.3 Å². The summed E-state index contributed by atoms with van der Waals surface area (Å²) in [7, 11) is 0. The number of thiophene rings is 1. The van der Waals surface area contributed by atoms with Gasteiger partial charge in [-0.1, -0.05) is 115 Å². The van der Waals surface area contributed by atoms with Crippen molar-refractivity contribution in [3.63, 3.8) is 0 Å². The standard InChI is InChI=1S/C42H23N3S/c1-2-9-24(10-3-1)28-20-21-33-40-37(28)31-17-7-13-26-12-6-15-29(36(26)31)30-16-8-18-32(38(30)40)45(33)35-23-43-41-39-27-14-5-4-11-25(27)19-22-34(39)46-42(41)44-35/h1-23H. The highest BCUT2D eigenvalue weighted by Gasteiger charge is 2.27. The first kappa shape index (κ1) is 24.5. The summed E-state index contributed by atoms with van der Waals surface area (Å²) in [6, 6.07) is 48.5. The number of benzene rings is 7. The molecular formula is C42H23N3S. The predicted octanol–water partition coefficient (Wildman–Crippen LogP) is 11.6. The van der Waals surface area contributed by atoms with E-state index < -0.39 is 0 Å². The molecule has 3 nitrogen and oxygen atoms in total. The molecule has 0 bridgehead atoms. The van der Waals surface area contributed by atoms with Crippen molar-refractivity contribution >= 4 is 75.1 Å². The molecule has 0 aliphatic heterocycles. The van der Waals surface area contributed by atoms with Gasteiger partial charge in [0.2, 0.25) is 0 Å². The van der Waals surface area contributed by atoms with E-state index in [1.165, 1.54) is 75.8 Å². The number of aromatic nitrogens is 3. The van der Waals surface area contributed by atoms with Gasteiger partial charge in [-0.2, -0.15) is 0 Å². The Morgan fingerprint density at radius 3 is 2.13 bits per heavy atom. The lowest BCUT2D eigenvalue weighted by molar-refractivity contribution is 1.08. The summed E-state index contributed by atoms with van der Waals surface area (Å²) >= 11 is 1.72. The zero-order valence-corrected chi connectivity index (χ0v) is 25.3. The number of fused-ring (bicyclic) bond motifs is 7. The van der Waals surface area contributed by atoms with Gasteiger partial charge in [-0.3, -0.25) is 4.57 Å². The second-order valence-corrected chi connectivity index (χ2v) is 13.2. The van der Waals surface area contributed by atoms with Crippen LogP contribution < -0.4 is 0 Å². The first-order valence-corrected chi connectivity index (χ1v) is 16.4. The SMILES string of the molecule is c1ccc(-c2ccc3c4c2-c2cccc5cccc(c25)-c2cccc(c24)n3-c2cnc3c(n2)sc2ccc4ccccc4c23)cc1. The molecule has 11 rings (SSSR count). The first-order chi connectivity index (χ1) is 22.8. The van der Waals surface area contributed by atoms with Crippen molar-refractivity contribution in [1.29, 1.82) is 0 Å². The molecule has 212 valence electrons. The fraction of sp³-hybridized carbons (Fsp3) is 0. The Morgan fingerprint density at radius 1 is 0.500 bits per heavy atom. The first-order valence-electron chi connectivity index (χ1n) is 15.6. The summed E-state index contributed by atoms with van der Waals surface area (Å²) in [5.41, 5.74) is 10.8. The zero-order valence-electron chi connectivity index (χ0n) is 24.5. The second kappa shape index (κ2) is 8.87. The number of hydrogen-bond donors (Lipinski definition) is 0. The molecule has 1 aliphatic carbocycles. The van der Waals surface area contributed by atoms with Gasteiger partial charge < -0.3 is 0 Å². The highest BCUT2D eigenvalue weighted by Crippen LogP contribution is 2.52. The molecule has 0 amide bonds. The summed E-state index contributed by atoms with van der Waals surface area (Å²) in [6.07, 6.45) is 1.97. The molecule has 0 fully saturated rings. The monoisotopic (exact) mass is 601 g/mol. The number of rotatable bonds is 2. The van der Waals surface area contributed by atoms with E-state index in [9.17, 15) is 0 Å². The topological polar surface area (TPSA) is 30.7 Å². The zero-order chi connectivity index (χ0) is 29.9. The Bertz CT molecular complexity index is 2910. The van der Waals surface area contributed by atoms with Crippen molar-refractivity contribution in [1.82, 2.24) is 14.5 Å². The van der Waals surface area contributed by atoms with Gasteiger partial charge in [-0.05, 0) is 67.6 Å². The van der Waals surface area contributed by atoms with Crippen molar-refractivity contribution < 1.29 is 0 Å². The van der Waals surface area contributed by atoms with Crippen LogP contribution in [0, 0.1) is 0 Å². The Morgan fingerprint density at radius 2 is 1.24 bits per heavy atom. The average Bonchev–Trinajstić information content (AvgIpc) is 3.63. The number of hydrogen-bond acceptors (Lipinski definition) is 3. The molecule has 0 radical (unpaired) electrons. The molecule has 1 aliphatic rings. The van der Waals surface area contributed by atoms with E-state index in [1.54, 1.807) is 11.3 Å². The van der Waals surface area contributed by atoms with Gasteiger partial charge in [0.05, 0.1) is 17.2 Å². The van der Waals surface area contributed by atoms with Gasteiger partial charge >= 0.3 is 0 Å². The number of nitrogens with zero attached hydrogens (tertiary/aromatic N) is 3. The average molecular weight is 602 g/mol. The molecule has 10 aromatic rings. The van der Waals surface area contributed by atoms with Gasteiger partial charge in [0.1, 0.15) is 10.3 Å². The fourth-order valence-electron chi connectivity index (χ4n) is 7.93. The molecular weight excluding hydrogens is 579 g/mol. The van der Waals surface area contributed by atoms with Crippen molar-refractivity contribution in [3.8, 4) is 39.2 Å². The van der Waals surface area contributed by atoms with Gasteiger partial charge in [0.15, 0.2) is 5.82 Å². The Labute approximate surface area is 267 Å². The lowest BCUT2D eigenvalue weighted by atomic mass is 9.89. The third kappa shape index (κ3) is 3.11. The molecule has 0 saturated carbocycles. The van der Waals surface area contributed by atoms with E-state index in [0.717, 1.165) is 27.2 Å². The van der Waals surface area contributed by atoms with E-state index in [4.69, 9.17) is 9.97 Å². The minimum atomic E-state index is 0.839. The molecule has 0 N–H and O–H groups in total. The van der Waals surface area contributed by atoms with Crippen molar-refractivity contribution in [2.24, 2.45) is 0 Å². The van der Waals surface area contributed by atoms with Gasteiger partial charge in [0, 0.05) is 26.4 Å². The highest BCUT2D eigenvalue weighted by atomic mass is 32.1. The molecule has 0 atom stereocenters. The van der Waals surface area contributed by atoms with E-state index in [-0.39, 0.29) is 0 Å². The molecule has 46 heavy (non-hydrogen) atoms. The highest BCUT2D eigenvalue weighted by molar-refractivity contribution is 7.25. The smallest absolute Gasteiger partial charge is 0.157 e. The van der Waals surface area contributed by atoms with Crippen molar-refractivity contribution in [2.75, 3.05) is 0 Å². The molecule has 7 aromatic carbocycles. The molecule has 0 unspecified atom stereocenters. The fourth-order valence-corrected chi connectivity index (χ4v) is 8.98. The summed E-state index contributed by atoms with van der Waals surface area (Å²) in [6.45, 7) is 0. The molecule has 3 heterocycles. The largest absolute Gasteiger partial charge is 0.292 e. The summed E-state index contributed by atoms with van der Waals surface area (Å²) in [4.78, 5) is 11.4. The van der Waals surface area contributed by atoms with Crippen LogP contribution in [0.2, 0.25) is 0 Å². The maximum atomic E-state index is 5.35. The van der Waals surface area contributed by atoms with Crippen LogP contribution in [0.25, 0.3) is 103 Å². The molecule has 3 aromatic heterocycles. The van der Waals surface area contributed by atoms with Crippen molar-refractivity contribution in [3.05, 3.63) is 140 Å². The van der Waals surface area contributed by atoms with Crippen LogP contribution in [-0.4, -0.2) is 14.5 Å². The predicted molar refractivity (Wildman–Crippen MR) is 194 cm³/mol. The Kier molecular flexibility index (Phi) is 4.72. The molecule has 0 spiro atoms. The Hall–Kier alpha value is -5.84. The lowest BCUT2D eigenvalue weighted by Gasteiger charge is -2.16. The molecule has 4 heteroatoms. The van der Waals surface area contributed by atoms with E-state index in [0.29, 0.717) is 0 Å². The van der Waals surface area contributed by atoms with Crippen LogP contribution in [0.5, 0.6) is 0 Å². The third-order valence-corrected chi connectivity index (χ3v) is 10.8. The third-order valence-electron chi connectivity index (χ3n) is 9.80. The minimum absolute atomic E-state index is 0.839. The second-order valence-electron chi connectivity index (χ2n) is 12.1. The van der Waals surface area contributed by atoms with Gasteiger partial charge in [-0.25, -0.2) is 9.97 Å². The summed E-state index contributed by atoms with van der Waals surface area (Å²) in [5, 5.41) is 8.73. The summed E-state index contributed by atoms with van der Waals surface area (Å²) < 4.78 is 3.54.